The minimum atomic E-state index is 0.0816. The van der Waals surface area contributed by atoms with Crippen LogP contribution in [0.4, 0.5) is 0 Å². The average molecular weight is 518 g/mol. The van der Waals surface area contributed by atoms with Crippen molar-refractivity contribution in [3.05, 3.63) is 89.0 Å². The van der Waals surface area contributed by atoms with Gasteiger partial charge in [0.15, 0.2) is 0 Å². The van der Waals surface area contributed by atoms with Crippen molar-refractivity contribution < 1.29 is 4.79 Å². The van der Waals surface area contributed by atoms with Gasteiger partial charge in [-0.05, 0) is 82.0 Å². The first-order chi connectivity index (χ1) is 16.7. The average Bonchev–Trinajstić information content (AvgIpc) is 3.55. The lowest BCUT2D eigenvalue weighted by atomic mass is 9.80. The Labute approximate surface area is 216 Å². The van der Waals surface area contributed by atoms with Gasteiger partial charge in [-0.1, -0.05) is 42.5 Å². The van der Waals surface area contributed by atoms with Gasteiger partial charge in [0.25, 0.3) is 0 Å². The molecule has 34 heavy (non-hydrogen) atoms. The van der Waals surface area contributed by atoms with Crippen molar-refractivity contribution >= 4 is 68.5 Å². The number of carbonyl (C=O) groups is 1. The molecule has 0 spiro atoms. The van der Waals surface area contributed by atoms with Crippen molar-refractivity contribution in [2.45, 2.75) is 27.8 Å². The van der Waals surface area contributed by atoms with Gasteiger partial charge in [0, 0.05) is 16.3 Å². The van der Waals surface area contributed by atoms with E-state index in [0.29, 0.717) is 12.3 Å². The third-order valence-electron chi connectivity index (χ3n) is 6.36. The van der Waals surface area contributed by atoms with Crippen molar-refractivity contribution in [1.82, 2.24) is 5.32 Å². The Morgan fingerprint density at radius 3 is 2.59 bits per heavy atom. The number of rotatable bonds is 7. The minimum absolute atomic E-state index is 0.0816. The fourth-order valence-corrected chi connectivity index (χ4v) is 8.32. The number of nitrogens with one attached hydrogen (secondary N) is 1. The Kier molecular flexibility index (Phi) is 6.16. The van der Waals surface area contributed by atoms with Crippen LogP contribution in [0.1, 0.15) is 22.3 Å². The summed E-state index contributed by atoms with van der Waals surface area (Å²) in [7, 11) is 0. The molecule has 0 fully saturated rings. The zero-order chi connectivity index (χ0) is 23.1. The van der Waals surface area contributed by atoms with E-state index in [-0.39, 0.29) is 5.91 Å². The maximum absolute atomic E-state index is 12.7. The zero-order valence-corrected chi connectivity index (χ0v) is 22.0. The number of benzene rings is 2. The highest BCUT2D eigenvalue weighted by Crippen LogP contribution is 2.41. The molecule has 6 rings (SSSR count). The predicted octanol–water partition coefficient (Wildman–Crippen LogP) is 7.81. The number of carbonyl (C=O) groups excluding carboxylic acids is 1. The summed E-state index contributed by atoms with van der Waals surface area (Å²) in [5, 5.41) is 5.84. The summed E-state index contributed by atoms with van der Waals surface area (Å²) in [6.45, 7) is 0.579. The van der Waals surface area contributed by atoms with E-state index in [2.05, 4.69) is 78.3 Å². The Morgan fingerprint density at radius 1 is 0.971 bits per heavy atom. The molecule has 4 aromatic rings. The first-order valence-electron chi connectivity index (χ1n) is 11.3. The van der Waals surface area contributed by atoms with Gasteiger partial charge in [-0.2, -0.15) is 0 Å². The molecule has 0 radical (unpaired) electrons. The summed E-state index contributed by atoms with van der Waals surface area (Å²) >= 11 is 6.99. The van der Waals surface area contributed by atoms with Crippen molar-refractivity contribution in [1.29, 1.82) is 0 Å². The van der Waals surface area contributed by atoms with Gasteiger partial charge in [0.05, 0.1) is 14.2 Å². The summed E-state index contributed by atoms with van der Waals surface area (Å²) in [5.41, 5.74) is 6.74. The topological polar surface area (TPSA) is 29.1 Å². The smallest absolute Gasteiger partial charge is 0.230 e. The fourth-order valence-electron chi connectivity index (χ4n) is 4.73. The van der Waals surface area contributed by atoms with E-state index in [9.17, 15) is 4.79 Å². The van der Waals surface area contributed by atoms with Crippen LogP contribution in [0, 0.1) is 0 Å². The molecular formula is C28H23NOS4. The van der Waals surface area contributed by atoms with Crippen LogP contribution in [0.2, 0.25) is 0 Å². The molecule has 0 bridgehead atoms. The van der Waals surface area contributed by atoms with E-state index < -0.39 is 0 Å². The maximum atomic E-state index is 12.7. The number of amides is 1. The van der Waals surface area contributed by atoms with Gasteiger partial charge < -0.3 is 5.32 Å². The number of hydrogen-bond donors (Lipinski definition) is 1. The summed E-state index contributed by atoms with van der Waals surface area (Å²) < 4.78 is 2.51. The van der Waals surface area contributed by atoms with E-state index in [4.69, 9.17) is 0 Å². The first kappa shape index (κ1) is 22.2. The lowest BCUT2D eigenvalue weighted by Gasteiger charge is -2.24. The SMILES string of the molecule is CSc1ccc(-c2ccc(SCC(=O)NCc3ccc4ccc5c6c4c3CC=C6C=CC5)s2)s1. The molecule has 0 saturated carbocycles. The predicted molar refractivity (Wildman–Crippen MR) is 150 cm³/mol. The zero-order valence-electron chi connectivity index (χ0n) is 18.7. The third kappa shape index (κ3) is 4.17. The maximum Gasteiger partial charge on any atom is 0.230 e. The summed E-state index contributed by atoms with van der Waals surface area (Å²) in [4.78, 5) is 15.2. The lowest BCUT2D eigenvalue weighted by Crippen LogP contribution is -2.25. The minimum Gasteiger partial charge on any atom is -0.351 e. The van der Waals surface area contributed by atoms with Crippen LogP contribution in [-0.4, -0.2) is 17.9 Å². The van der Waals surface area contributed by atoms with E-state index in [0.717, 1.165) is 12.8 Å². The van der Waals surface area contributed by atoms with Crippen LogP contribution in [0.5, 0.6) is 0 Å². The standard InChI is InChI=1S/C28H23NOS4/c1-31-25-13-11-22(33-25)23-12-14-26(34-23)32-16-24(30)29-15-20-8-7-19-6-5-17-3-2-4-18-9-10-21(20)28(19)27(17)18/h2,4-9,11-14H,3,10,15-16H2,1H3,(H,29,30). The Bertz CT molecular complexity index is 1470. The fraction of sp³-hybridized carbons (Fsp3) is 0.179. The van der Waals surface area contributed by atoms with Crippen LogP contribution in [-0.2, 0) is 24.2 Å². The largest absolute Gasteiger partial charge is 0.351 e. The van der Waals surface area contributed by atoms with Crippen molar-refractivity contribution in [3.8, 4) is 9.75 Å². The summed E-state index contributed by atoms with van der Waals surface area (Å²) in [6.07, 6.45) is 10.9. The van der Waals surface area contributed by atoms with Gasteiger partial charge in [-0.25, -0.2) is 0 Å². The van der Waals surface area contributed by atoms with Crippen LogP contribution < -0.4 is 5.32 Å². The number of allylic oxidation sites excluding steroid dienone is 4. The van der Waals surface area contributed by atoms with Gasteiger partial charge in [0.2, 0.25) is 5.91 Å². The molecule has 2 aromatic heterocycles. The van der Waals surface area contributed by atoms with Gasteiger partial charge in [0.1, 0.15) is 0 Å². The van der Waals surface area contributed by atoms with Crippen molar-refractivity contribution in [2.24, 2.45) is 0 Å². The molecule has 0 aliphatic heterocycles. The summed E-state index contributed by atoms with van der Waals surface area (Å²) in [6, 6.07) is 17.6. The molecule has 2 aliphatic carbocycles. The second-order valence-corrected chi connectivity index (χ2v) is 12.9. The molecule has 0 unspecified atom stereocenters. The monoisotopic (exact) mass is 517 g/mol. The summed E-state index contributed by atoms with van der Waals surface area (Å²) in [5.74, 6) is 0.520. The second-order valence-electron chi connectivity index (χ2n) is 8.38. The van der Waals surface area contributed by atoms with Gasteiger partial charge >= 0.3 is 0 Å². The highest BCUT2D eigenvalue weighted by Gasteiger charge is 2.21. The Balaban J connectivity index is 1.12. The van der Waals surface area contributed by atoms with Crippen LogP contribution in [0.25, 0.3) is 26.1 Å². The first-order valence-corrected chi connectivity index (χ1v) is 15.1. The van der Waals surface area contributed by atoms with E-state index >= 15 is 0 Å². The normalized spacial score (nSPS) is 13.9. The molecule has 2 heterocycles. The van der Waals surface area contributed by atoms with Crippen molar-refractivity contribution in [2.75, 3.05) is 12.0 Å². The molecule has 170 valence electrons. The Hall–Kier alpha value is -2.25. The van der Waals surface area contributed by atoms with E-state index in [1.807, 2.05) is 11.3 Å². The molecule has 6 heteroatoms. The molecule has 2 aromatic carbocycles. The molecule has 0 atom stereocenters. The molecular weight excluding hydrogens is 495 g/mol. The van der Waals surface area contributed by atoms with Crippen LogP contribution in [0.3, 0.4) is 0 Å². The molecule has 0 saturated heterocycles. The number of hydrogen-bond acceptors (Lipinski definition) is 5. The van der Waals surface area contributed by atoms with Crippen LogP contribution >= 0.6 is 46.2 Å². The van der Waals surface area contributed by atoms with Crippen LogP contribution in [0.15, 0.2) is 75.2 Å². The molecule has 2 aliphatic rings. The van der Waals surface area contributed by atoms with Gasteiger partial charge in [-0.15, -0.1) is 46.2 Å². The number of thiophene rings is 2. The quantitative estimate of drug-likeness (QED) is 0.254. The highest BCUT2D eigenvalue weighted by atomic mass is 32.2. The van der Waals surface area contributed by atoms with Crippen molar-refractivity contribution in [3.63, 3.8) is 0 Å². The highest BCUT2D eigenvalue weighted by molar-refractivity contribution is 8.01. The second kappa shape index (κ2) is 9.42. The molecule has 1 N–H and O–H groups in total. The molecule has 2 nitrogen and oxygen atoms in total. The number of thioether (sulfide) groups is 2. The Morgan fingerprint density at radius 2 is 1.76 bits per heavy atom. The third-order valence-corrected chi connectivity index (χ3v) is 11.0. The van der Waals surface area contributed by atoms with E-state index in [1.165, 1.54) is 56.8 Å². The molecule has 1 amide bonds. The lowest BCUT2D eigenvalue weighted by molar-refractivity contribution is -0.118. The van der Waals surface area contributed by atoms with Gasteiger partial charge in [-0.3, -0.25) is 4.79 Å². The van der Waals surface area contributed by atoms with E-state index in [1.54, 1.807) is 34.9 Å².